The van der Waals surface area contributed by atoms with E-state index < -0.39 is 0 Å². The molecule has 11 heavy (non-hydrogen) atoms. The van der Waals surface area contributed by atoms with Gasteiger partial charge in [-0.2, -0.15) is 0 Å². The van der Waals surface area contributed by atoms with E-state index in [9.17, 15) is 0 Å². The Morgan fingerprint density at radius 3 is 2.91 bits per heavy atom. The molecule has 0 spiro atoms. The number of benzene rings is 1. The molecule has 1 aromatic rings. The van der Waals surface area contributed by atoms with Crippen molar-refractivity contribution in [3.63, 3.8) is 0 Å². The molecule has 1 aliphatic heterocycles. The standard InChI is InChI=1S/C10H10Te/c1-8-6-7-11-10-5-3-2-4-9(8)10/h2-6H,7H2,1H3. The van der Waals surface area contributed by atoms with Crippen LogP contribution in [0, 0.1) is 0 Å². The van der Waals surface area contributed by atoms with Crippen LogP contribution in [0.1, 0.15) is 12.5 Å². The van der Waals surface area contributed by atoms with Crippen LogP contribution < -0.4 is 3.61 Å². The van der Waals surface area contributed by atoms with Crippen molar-refractivity contribution in [1.29, 1.82) is 0 Å². The molecule has 1 aliphatic rings. The first kappa shape index (κ1) is 7.40. The van der Waals surface area contributed by atoms with E-state index in [-0.39, 0.29) is 20.9 Å². The molecule has 0 N–H and O–H groups in total. The molecular formula is C10H10Te. The molecule has 0 radical (unpaired) electrons. The summed E-state index contributed by atoms with van der Waals surface area (Å²) in [5.74, 6) is 0. The van der Waals surface area contributed by atoms with Crippen LogP contribution in [0.25, 0.3) is 5.57 Å². The summed E-state index contributed by atoms with van der Waals surface area (Å²) in [7, 11) is 0. The number of rotatable bonds is 0. The Morgan fingerprint density at radius 2 is 2.09 bits per heavy atom. The summed E-state index contributed by atoms with van der Waals surface area (Å²) in [6, 6.07) is 8.82. The van der Waals surface area contributed by atoms with Gasteiger partial charge in [-0.25, -0.2) is 0 Å². The molecule has 56 valence electrons. The summed E-state index contributed by atoms with van der Waals surface area (Å²) in [5.41, 5.74) is 2.97. The fraction of sp³-hybridized carbons (Fsp3) is 0.200. The van der Waals surface area contributed by atoms with Gasteiger partial charge in [-0.3, -0.25) is 0 Å². The molecule has 0 amide bonds. The van der Waals surface area contributed by atoms with Crippen molar-refractivity contribution in [1.82, 2.24) is 0 Å². The Bertz CT molecular complexity index is 299. The van der Waals surface area contributed by atoms with Gasteiger partial charge >= 0.3 is 77.4 Å². The van der Waals surface area contributed by atoms with Crippen LogP contribution in [0.3, 0.4) is 0 Å². The molecule has 0 nitrogen and oxygen atoms in total. The van der Waals surface area contributed by atoms with Crippen LogP contribution >= 0.6 is 0 Å². The second-order valence-electron chi connectivity index (χ2n) is 2.69. The van der Waals surface area contributed by atoms with E-state index in [1.54, 1.807) is 3.61 Å². The zero-order valence-electron chi connectivity index (χ0n) is 6.50. The Morgan fingerprint density at radius 1 is 1.27 bits per heavy atom. The van der Waals surface area contributed by atoms with Gasteiger partial charge in [0.25, 0.3) is 0 Å². The van der Waals surface area contributed by atoms with Crippen LogP contribution in [0.4, 0.5) is 0 Å². The summed E-state index contributed by atoms with van der Waals surface area (Å²) >= 11 is 0.123. The number of fused-ring (bicyclic) bond motifs is 1. The fourth-order valence-corrected chi connectivity index (χ4v) is 4.34. The molecule has 0 bridgehead atoms. The van der Waals surface area contributed by atoms with Crippen molar-refractivity contribution in [2.75, 3.05) is 0 Å². The van der Waals surface area contributed by atoms with Gasteiger partial charge in [0.05, 0.1) is 0 Å². The SMILES string of the molecule is CC1=CC[Te]c2ccccc21. The Labute approximate surface area is 77.4 Å². The first-order chi connectivity index (χ1) is 5.38. The Balaban J connectivity index is 2.56. The molecule has 0 unspecified atom stereocenters. The molecule has 1 heteroatoms. The molecule has 0 fully saturated rings. The zero-order chi connectivity index (χ0) is 7.68. The maximum atomic E-state index is 2.38. The van der Waals surface area contributed by atoms with E-state index in [1.807, 2.05) is 0 Å². The first-order valence-electron chi connectivity index (χ1n) is 3.77. The van der Waals surface area contributed by atoms with Crippen molar-refractivity contribution in [3.8, 4) is 0 Å². The van der Waals surface area contributed by atoms with Crippen molar-refractivity contribution < 1.29 is 0 Å². The van der Waals surface area contributed by atoms with Gasteiger partial charge in [0.2, 0.25) is 0 Å². The quantitative estimate of drug-likeness (QED) is 0.623. The normalized spacial score (nSPS) is 15.5. The van der Waals surface area contributed by atoms with Gasteiger partial charge in [0.1, 0.15) is 0 Å². The summed E-state index contributed by atoms with van der Waals surface area (Å²) < 4.78 is 2.98. The third-order valence-electron chi connectivity index (χ3n) is 1.94. The molecule has 1 aromatic carbocycles. The van der Waals surface area contributed by atoms with Crippen LogP contribution in [0.2, 0.25) is 4.47 Å². The summed E-state index contributed by atoms with van der Waals surface area (Å²) in [6.07, 6.45) is 2.38. The fourth-order valence-electron chi connectivity index (χ4n) is 1.28. The molecule has 2 rings (SSSR count). The van der Waals surface area contributed by atoms with Gasteiger partial charge in [-0.1, -0.05) is 0 Å². The van der Waals surface area contributed by atoms with Gasteiger partial charge < -0.3 is 0 Å². The average molecular weight is 258 g/mol. The van der Waals surface area contributed by atoms with E-state index >= 15 is 0 Å². The third-order valence-corrected chi connectivity index (χ3v) is 4.80. The Kier molecular flexibility index (Phi) is 2.02. The van der Waals surface area contributed by atoms with Gasteiger partial charge in [-0.15, -0.1) is 0 Å². The predicted octanol–water partition coefficient (Wildman–Crippen LogP) is 1.85. The monoisotopic (exact) mass is 260 g/mol. The Hall–Kier alpha value is -0.250. The second-order valence-corrected chi connectivity index (χ2v) is 5.72. The molecular weight excluding hydrogens is 248 g/mol. The molecule has 0 aliphatic carbocycles. The summed E-state index contributed by atoms with van der Waals surface area (Å²) in [4.78, 5) is 0. The number of allylic oxidation sites excluding steroid dienone is 2. The van der Waals surface area contributed by atoms with Crippen LogP contribution in [0.5, 0.6) is 0 Å². The zero-order valence-corrected chi connectivity index (χ0v) is 8.83. The molecule has 0 saturated heterocycles. The third kappa shape index (κ3) is 1.36. The van der Waals surface area contributed by atoms with Crippen molar-refractivity contribution in [2.24, 2.45) is 0 Å². The van der Waals surface area contributed by atoms with Crippen molar-refractivity contribution in [2.45, 2.75) is 11.4 Å². The van der Waals surface area contributed by atoms with E-state index in [1.165, 1.54) is 15.6 Å². The molecule has 0 aromatic heterocycles. The van der Waals surface area contributed by atoms with Crippen LogP contribution in [-0.2, 0) is 0 Å². The van der Waals surface area contributed by atoms with Crippen LogP contribution in [-0.4, -0.2) is 20.9 Å². The van der Waals surface area contributed by atoms with Gasteiger partial charge in [0.15, 0.2) is 0 Å². The van der Waals surface area contributed by atoms with E-state index in [4.69, 9.17) is 0 Å². The van der Waals surface area contributed by atoms with Gasteiger partial charge in [0, 0.05) is 0 Å². The van der Waals surface area contributed by atoms with E-state index in [0.29, 0.717) is 0 Å². The number of hydrogen-bond acceptors (Lipinski definition) is 0. The van der Waals surface area contributed by atoms with Crippen molar-refractivity contribution in [3.05, 3.63) is 35.9 Å². The molecule has 1 heterocycles. The van der Waals surface area contributed by atoms with Crippen molar-refractivity contribution >= 4 is 30.1 Å². The maximum absolute atomic E-state index is 2.38. The van der Waals surface area contributed by atoms with E-state index in [0.717, 1.165) is 0 Å². The number of hydrogen-bond donors (Lipinski definition) is 0. The van der Waals surface area contributed by atoms with Gasteiger partial charge in [-0.05, 0) is 0 Å². The summed E-state index contributed by atoms with van der Waals surface area (Å²) in [6.45, 7) is 2.21. The summed E-state index contributed by atoms with van der Waals surface area (Å²) in [5, 5.41) is 0. The topological polar surface area (TPSA) is 0 Å². The van der Waals surface area contributed by atoms with Crippen LogP contribution in [0.15, 0.2) is 30.3 Å². The van der Waals surface area contributed by atoms with E-state index in [2.05, 4.69) is 37.3 Å². The molecule has 0 saturated carbocycles. The predicted molar refractivity (Wildman–Crippen MR) is 50.3 cm³/mol. The molecule has 0 atom stereocenters. The average Bonchev–Trinajstić information content (AvgIpc) is 2.06. The second kappa shape index (κ2) is 3.01. The minimum absolute atomic E-state index is 0.123. The minimum atomic E-state index is 0.123. The first-order valence-corrected chi connectivity index (χ1v) is 6.58.